The van der Waals surface area contributed by atoms with E-state index in [9.17, 15) is 4.79 Å². The Morgan fingerprint density at radius 2 is 1.71 bits per heavy atom. The smallest absolute Gasteiger partial charge is 0.255 e. The number of amides is 1. The summed E-state index contributed by atoms with van der Waals surface area (Å²) in [6.45, 7) is 11.3. The van der Waals surface area contributed by atoms with Crippen molar-refractivity contribution in [1.82, 2.24) is 9.80 Å². The topological polar surface area (TPSA) is 49.6 Å². The molecule has 2 saturated heterocycles. The highest BCUT2D eigenvalue weighted by Gasteiger charge is 2.42. The van der Waals surface area contributed by atoms with Gasteiger partial charge in [-0.2, -0.15) is 0 Å². The molecule has 1 amide bonds. The average molecular weight is 398 g/mol. The van der Waals surface area contributed by atoms with Crippen LogP contribution in [0, 0.1) is 32.6 Å². The van der Waals surface area contributed by atoms with E-state index in [-0.39, 0.29) is 11.9 Å². The van der Waals surface area contributed by atoms with Gasteiger partial charge in [-0.1, -0.05) is 30.3 Å². The van der Waals surface area contributed by atoms with E-state index in [2.05, 4.69) is 54.8 Å². The number of fused-ring (bicyclic) bond motifs is 1. The molecule has 0 saturated carbocycles. The first-order chi connectivity index (χ1) is 13.4. The van der Waals surface area contributed by atoms with Crippen molar-refractivity contribution in [2.75, 3.05) is 32.7 Å². The summed E-state index contributed by atoms with van der Waals surface area (Å²) in [5.74, 6) is 1.46. The van der Waals surface area contributed by atoms with Gasteiger partial charge < -0.3 is 15.5 Å². The lowest BCUT2D eigenvalue weighted by Crippen LogP contribution is -2.34. The van der Waals surface area contributed by atoms with E-state index in [4.69, 9.17) is 5.73 Å². The molecule has 1 aromatic heterocycles. The molecule has 0 spiro atoms. The molecule has 2 N–H and O–H groups in total. The number of nitrogens with two attached hydrogens (primary N) is 1. The van der Waals surface area contributed by atoms with E-state index in [1.807, 2.05) is 6.07 Å². The van der Waals surface area contributed by atoms with Gasteiger partial charge in [0.15, 0.2) is 0 Å². The number of hydrogen-bond acceptors (Lipinski definition) is 4. The molecule has 2 aliphatic rings. The van der Waals surface area contributed by atoms with Gasteiger partial charge in [0.05, 0.1) is 5.56 Å². The maximum Gasteiger partial charge on any atom is 0.255 e. The highest BCUT2D eigenvalue weighted by atomic mass is 32.1. The minimum atomic E-state index is 0.104. The van der Waals surface area contributed by atoms with Crippen LogP contribution < -0.4 is 5.73 Å². The van der Waals surface area contributed by atoms with Gasteiger partial charge in [0.2, 0.25) is 0 Å². The fourth-order valence-electron chi connectivity index (χ4n) is 4.89. The third-order valence-corrected chi connectivity index (χ3v) is 7.73. The van der Waals surface area contributed by atoms with Gasteiger partial charge in [-0.3, -0.25) is 4.79 Å². The highest BCUT2D eigenvalue weighted by molar-refractivity contribution is 7.12. The van der Waals surface area contributed by atoms with Crippen molar-refractivity contribution in [2.24, 2.45) is 17.6 Å². The number of likely N-dealkylation sites (tertiary alicyclic amines) is 2. The maximum atomic E-state index is 13.1. The van der Waals surface area contributed by atoms with Crippen molar-refractivity contribution in [3.63, 3.8) is 0 Å². The summed E-state index contributed by atoms with van der Waals surface area (Å²) in [6, 6.07) is 10.5. The molecule has 2 aromatic rings. The molecule has 150 valence electrons. The van der Waals surface area contributed by atoms with Gasteiger partial charge in [-0.15, -0.1) is 11.3 Å². The predicted octanol–water partition coefficient (Wildman–Crippen LogP) is 3.77. The monoisotopic (exact) mass is 397 g/mol. The van der Waals surface area contributed by atoms with Crippen LogP contribution in [-0.4, -0.2) is 48.4 Å². The molecule has 4 rings (SSSR count). The number of nitrogens with zero attached hydrogens (tertiary/aromatic N) is 2. The SMILES string of the molecule is Cc1sc(C)c(C(=O)N2CC3CN(CC[C@H](N)c4ccccc4)CC3C2)c1C. The lowest BCUT2D eigenvalue weighted by molar-refractivity contribution is 0.0773. The molecular formula is C23H31N3OS. The van der Waals surface area contributed by atoms with Crippen molar-refractivity contribution in [3.05, 3.63) is 56.8 Å². The van der Waals surface area contributed by atoms with Gasteiger partial charge in [0.1, 0.15) is 0 Å². The van der Waals surface area contributed by atoms with Gasteiger partial charge in [0, 0.05) is 42.0 Å². The molecule has 3 heterocycles. The second-order valence-corrected chi connectivity index (χ2v) is 9.94. The minimum absolute atomic E-state index is 0.104. The first-order valence-corrected chi connectivity index (χ1v) is 11.1. The van der Waals surface area contributed by atoms with E-state index < -0.39 is 0 Å². The quantitative estimate of drug-likeness (QED) is 0.836. The van der Waals surface area contributed by atoms with Crippen molar-refractivity contribution in [2.45, 2.75) is 33.2 Å². The third-order valence-electron chi connectivity index (χ3n) is 6.61. The molecule has 5 heteroatoms. The van der Waals surface area contributed by atoms with Gasteiger partial charge in [-0.05, 0) is 56.7 Å². The van der Waals surface area contributed by atoms with Crippen molar-refractivity contribution in [1.29, 1.82) is 0 Å². The van der Waals surface area contributed by atoms with Gasteiger partial charge in [-0.25, -0.2) is 0 Å². The van der Waals surface area contributed by atoms with E-state index in [1.165, 1.54) is 16.0 Å². The number of carbonyl (C=O) groups is 1. The van der Waals surface area contributed by atoms with Crippen molar-refractivity contribution >= 4 is 17.2 Å². The summed E-state index contributed by atoms with van der Waals surface area (Å²) >= 11 is 1.74. The van der Waals surface area contributed by atoms with E-state index in [0.29, 0.717) is 11.8 Å². The summed E-state index contributed by atoms with van der Waals surface area (Å²) in [5, 5.41) is 0. The number of rotatable bonds is 5. The van der Waals surface area contributed by atoms with Crippen LogP contribution in [0.15, 0.2) is 30.3 Å². The fraction of sp³-hybridized carbons (Fsp3) is 0.522. The zero-order valence-corrected chi connectivity index (χ0v) is 18.0. The Bertz CT molecular complexity index is 833. The van der Waals surface area contributed by atoms with Crippen LogP contribution in [0.4, 0.5) is 0 Å². The maximum absolute atomic E-state index is 13.1. The Kier molecular flexibility index (Phi) is 5.59. The lowest BCUT2D eigenvalue weighted by atomic mass is 10.0. The first kappa shape index (κ1) is 19.6. The fourth-order valence-corrected chi connectivity index (χ4v) is 5.95. The zero-order chi connectivity index (χ0) is 19.8. The molecule has 0 bridgehead atoms. The number of aryl methyl sites for hydroxylation is 2. The molecular weight excluding hydrogens is 366 g/mol. The molecule has 4 nitrogen and oxygen atoms in total. The Balaban J connectivity index is 1.30. The van der Waals surface area contributed by atoms with Crippen LogP contribution in [0.1, 0.15) is 43.7 Å². The molecule has 2 aliphatic heterocycles. The largest absolute Gasteiger partial charge is 0.338 e. The summed E-state index contributed by atoms with van der Waals surface area (Å²) < 4.78 is 0. The van der Waals surface area contributed by atoms with Gasteiger partial charge >= 0.3 is 0 Å². The van der Waals surface area contributed by atoms with Crippen LogP contribution in [0.2, 0.25) is 0 Å². The molecule has 1 aromatic carbocycles. The van der Waals surface area contributed by atoms with Crippen molar-refractivity contribution in [3.8, 4) is 0 Å². The molecule has 2 fully saturated rings. The Morgan fingerprint density at radius 3 is 2.29 bits per heavy atom. The Hall–Kier alpha value is -1.69. The molecule has 0 radical (unpaired) electrons. The molecule has 0 aliphatic carbocycles. The lowest BCUT2D eigenvalue weighted by Gasteiger charge is -2.23. The van der Waals surface area contributed by atoms with E-state index in [1.54, 1.807) is 11.3 Å². The number of carbonyl (C=O) groups excluding carboxylic acids is 1. The van der Waals surface area contributed by atoms with Crippen LogP contribution in [0.5, 0.6) is 0 Å². The molecule has 3 atom stereocenters. The first-order valence-electron chi connectivity index (χ1n) is 10.3. The normalized spacial score (nSPS) is 23.2. The van der Waals surface area contributed by atoms with Crippen LogP contribution in [0.3, 0.4) is 0 Å². The summed E-state index contributed by atoms with van der Waals surface area (Å²) in [5.41, 5.74) is 9.70. The number of benzene rings is 1. The summed E-state index contributed by atoms with van der Waals surface area (Å²) in [4.78, 5) is 20.2. The standard InChI is InChI=1S/C23H31N3OS/c1-15-16(2)28-17(3)22(15)23(27)26-13-19-11-25(12-20(19)14-26)10-9-21(24)18-7-5-4-6-8-18/h4-8,19-21H,9-14,24H2,1-3H3/t19?,20?,21-/m0/s1. The summed E-state index contributed by atoms with van der Waals surface area (Å²) in [6.07, 6.45) is 0.985. The number of thiophene rings is 1. The second kappa shape index (κ2) is 7.97. The van der Waals surface area contributed by atoms with Gasteiger partial charge in [0.25, 0.3) is 5.91 Å². The zero-order valence-electron chi connectivity index (χ0n) is 17.1. The second-order valence-electron chi connectivity index (χ2n) is 8.51. The predicted molar refractivity (Wildman–Crippen MR) is 116 cm³/mol. The van der Waals surface area contributed by atoms with Crippen LogP contribution in [-0.2, 0) is 0 Å². The molecule has 28 heavy (non-hydrogen) atoms. The third kappa shape index (κ3) is 3.76. The number of hydrogen-bond donors (Lipinski definition) is 1. The molecule has 2 unspecified atom stereocenters. The van der Waals surface area contributed by atoms with E-state index in [0.717, 1.165) is 49.6 Å². The Morgan fingerprint density at radius 1 is 1.07 bits per heavy atom. The van der Waals surface area contributed by atoms with Crippen LogP contribution in [0.25, 0.3) is 0 Å². The highest BCUT2D eigenvalue weighted by Crippen LogP contribution is 2.34. The Labute approximate surface area is 172 Å². The summed E-state index contributed by atoms with van der Waals surface area (Å²) in [7, 11) is 0. The van der Waals surface area contributed by atoms with E-state index >= 15 is 0 Å². The van der Waals surface area contributed by atoms with Crippen LogP contribution >= 0.6 is 11.3 Å². The average Bonchev–Trinajstić information content (AvgIpc) is 3.32. The van der Waals surface area contributed by atoms with Crippen molar-refractivity contribution < 1.29 is 4.79 Å². The minimum Gasteiger partial charge on any atom is -0.338 e.